The molecule has 0 heterocycles. The van der Waals surface area contributed by atoms with Crippen molar-refractivity contribution in [3.63, 3.8) is 0 Å². The van der Waals surface area contributed by atoms with E-state index < -0.39 is 17.7 Å². The summed E-state index contributed by atoms with van der Waals surface area (Å²) in [5.41, 5.74) is 0. The van der Waals surface area contributed by atoms with Crippen molar-refractivity contribution in [3.8, 4) is 5.75 Å². The van der Waals surface area contributed by atoms with E-state index in [1.54, 1.807) is 6.07 Å². The minimum absolute atomic E-state index is 0.0145. The molecule has 0 aliphatic heterocycles. The van der Waals surface area contributed by atoms with Crippen molar-refractivity contribution < 1.29 is 23.5 Å². The van der Waals surface area contributed by atoms with E-state index >= 15 is 0 Å². The third-order valence-electron chi connectivity index (χ3n) is 2.07. The molecule has 0 aliphatic rings. The van der Waals surface area contributed by atoms with Crippen molar-refractivity contribution in [1.29, 1.82) is 0 Å². The molecular weight excluding hydrogens is 241 g/mol. The van der Waals surface area contributed by atoms with E-state index in [1.807, 2.05) is 0 Å². The molecule has 1 amide bonds. The summed E-state index contributed by atoms with van der Waals surface area (Å²) < 4.78 is 22.5. The molecule has 98 valence electrons. The molecule has 0 bridgehead atoms. The Bertz CT molecular complexity index is 422. The fourth-order valence-corrected chi connectivity index (χ4v) is 1.16. The molecule has 0 aliphatic carbocycles. The maximum atomic E-state index is 13.1. The maximum Gasteiger partial charge on any atom is 0.307 e. The third-order valence-corrected chi connectivity index (χ3v) is 2.07. The van der Waals surface area contributed by atoms with Crippen LogP contribution in [0.2, 0.25) is 0 Å². The number of methoxy groups -OCH3 is 1. The zero-order valence-electron chi connectivity index (χ0n) is 9.94. The van der Waals surface area contributed by atoms with Crippen LogP contribution in [0, 0.1) is 5.82 Å². The Labute approximate surface area is 104 Å². The molecular formula is C12H14FNO4. The summed E-state index contributed by atoms with van der Waals surface area (Å²) in [6.45, 7) is -0.145. The van der Waals surface area contributed by atoms with Crippen LogP contribution in [0.4, 0.5) is 4.39 Å². The Balaban J connectivity index is 2.25. The number of benzene rings is 1. The molecule has 18 heavy (non-hydrogen) atoms. The molecule has 6 heteroatoms. The predicted octanol–water partition coefficient (Wildman–Crippen LogP) is 0.884. The Morgan fingerprint density at radius 1 is 1.33 bits per heavy atom. The Morgan fingerprint density at radius 2 is 2.06 bits per heavy atom. The second kappa shape index (κ2) is 7.26. The number of hydrogen-bond acceptors (Lipinski definition) is 4. The van der Waals surface area contributed by atoms with Gasteiger partial charge in [0.25, 0.3) is 5.91 Å². The molecule has 1 rings (SSSR count). The normalized spacial score (nSPS) is 9.67. The molecule has 5 nitrogen and oxygen atoms in total. The van der Waals surface area contributed by atoms with Crippen LogP contribution in [0.1, 0.15) is 6.42 Å². The summed E-state index contributed by atoms with van der Waals surface area (Å²) in [6, 6.07) is 5.80. The molecule has 0 saturated heterocycles. The number of nitrogens with one attached hydrogen (secondary N) is 1. The molecule has 0 aromatic heterocycles. The largest absolute Gasteiger partial charge is 0.481 e. The van der Waals surface area contributed by atoms with E-state index in [-0.39, 0.29) is 25.3 Å². The summed E-state index contributed by atoms with van der Waals surface area (Å²) in [5.74, 6) is -1.35. The summed E-state index contributed by atoms with van der Waals surface area (Å²) in [6.07, 6.45) is 0.0853. The van der Waals surface area contributed by atoms with Gasteiger partial charge in [-0.1, -0.05) is 12.1 Å². The van der Waals surface area contributed by atoms with Crippen molar-refractivity contribution in [1.82, 2.24) is 5.32 Å². The van der Waals surface area contributed by atoms with E-state index in [0.717, 1.165) is 0 Å². The van der Waals surface area contributed by atoms with Gasteiger partial charge in [-0.15, -0.1) is 0 Å². The lowest BCUT2D eigenvalue weighted by molar-refractivity contribution is -0.140. The SMILES string of the molecule is COC(=O)CCNC(=O)COc1ccccc1F. The molecule has 0 atom stereocenters. The average molecular weight is 255 g/mol. The molecule has 0 unspecified atom stereocenters. The van der Waals surface area contributed by atoms with Gasteiger partial charge in [-0.05, 0) is 12.1 Å². The molecule has 0 fully saturated rings. The van der Waals surface area contributed by atoms with E-state index in [9.17, 15) is 14.0 Å². The standard InChI is InChI=1S/C12H14FNO4/c1-17-12(16)6-7-14-11(15)8-18-10-5-3-2-4-9(10)13/h2-5H,6-8H2,1H3,(H,14,15). The monoisotopic (exact) mass is 255 g/mol. The van der Waals surface area contributed by atoms with E-state index in [2.05, 4.69) is 10.1 Å². The van der Waals surface area contributed by atoms with E-state index in [4.69, 9.17) is 4.74 Å². The fraction of sp³-hybridized carbons (Fsp3) is 0.333. The van der Waals surface area contributed by atoms with Crippen LogP contribution in [-0.2, 0) is 14.3 Å². The lowest BCUT2D eigenvalue weighted by atomic mass is 10.3. The molecule has 1 aromatic rings. The maximum absolute atomic E-state index is 13.1. The summed E-state index contributed by atoms with van der Waals surface area (Å²) in [7, 11) is 1.27. The van der Waals surface area contributed by atoms with Crippen LogP contribution >= 0.6 is 0 Å². The number of halogens is 1. The van der Waals surface area contributed by atoms with Crippen LogP contribution in [0.3, 0.4) is 0 Å². The van der Waals surface area contributed by atoms with Crippen molar-refractivity contribution in [2.24, 2.45) is 0 Å². The lowest BCUT2D eigenvalue weighted by Gasteiger charge is -2.07. The van der Waals surface area contributed by atoms with Crippen LogP contribution in [-0.4, -0.2) is 32.1 Å². The number of amides is 1. The number of rotatable bonds is 6. The molecule has 0 radical (unpaired) electrons. The van der Waals surface area contributed by atoms with Gasteiger partial charge in [0.05, 0.1) is 13.5 Å². The lowest BCUT2D eigenvalue weighted by Crippen LogP contribution is -2.31. The first-order valence-electron chi connectivity index (χ1n) is 5.34. The predicted molar refractivity (Wildman–Crippen MR) is 61.5 cm³/mol. The smallest absolute Gasteiger partial charge is 0.307 e. The van der Waals surface area contributed by atoms with Gasteiger partial charge in [0.15, 0.2) is 18.2 Å². The zero-order valence-corrected chi connectivity index (χ0v) is 9.94. The van der Waals surface area contributed by atoms with Crippen molar-refractivity contribution >= 4 is 11.9 Å². The highest BCUT2D eigenvalue weighted by Crippen LogP contribution is 2.14. The first-order chi connectivity index (χ1) is 8.63. The van der Waals surface area contributed by atoms with Gasteiger partial charge in [-0.25, -0.2) is 4.39 Å². The van der Waals surface area contributed by atoms with Crippen molar-refractivity contribution in [2.75, 3.05) is 20.3 Å². The number of hydrogen-bond donors (Lipinski definition) is 1. The second-order valence-electron chi connectivity index (χ2n) is 3.40. The van der Waals surface area contributed by atoms with E-state index in [1.165, 1.54) is 25.3 Å². The first-order valence-corrected chi connectivity index (χ1v) is 5.34. The van der Waals surface area contributed by atoms with Gasteiger partial charge in [0.2, 0.25) is 0 Å². The van der Waals surface area contributed by atoms with Crippen molar-refractivity contribution in [2.45, 2.75) is 6.42 Å². The van der Waals surface area contributed by atoms with Gasteiger partial charge in [-0.3, -0.25) is 9.59 Å². The number of carbonyl (C=O) groups excluding carboxylic acids is 2. The zero-order chi connectivity index (χ0) is 13.4. The molecule has 1 N–H and O–H groups in total. The summed E-state index contributed by atoms with van der Waals surface area (Å²) in [4.78, 5) is 22.0. The highest BCUT2D eigenvalue weighted by Gasteiger charge is 2.06. The van der Waals surface area contributed by atoms with Gasteiger partial charge in [0.1, 0.15) is 0 Å². The Hall–Kier alpha value is -2.11. The van der Waals surface area contributed by atoms with Gasteiger partial charge < -0.3 is 14.8 Å². The van der Waals surface area contributed by atoms with Gasteiger partial charge in [-0.2, -0.15) is 0 Å². The van der Waals surface area contributed by atoms with Crippen LogP contribution in [0.5, 0.6) is 5.75 Å². The Kier molecular flexibility index (Phi) is 5.63. The molecule has 1 aromatic carbocycles. The topological polar surface area (TPSA) is 64.6 Å². The molecule has 0 saturated carbocycles. The van der Waals surface area contributed by atoms with Crippen LogP contribution in [0.15, 0.2) is 24.3 Å². The minimum atomic E-state index is -0.528. The average Bonchev–Trinajstić information content (AvgIpc) is 2.37. The summed E-state index contributed by atoms with van der Waals surface area (Å²) >= 11 is 0. The van der Waals surface area contributed by atoms with Gasteiger partial charge >= 0.3 is 5.97 Å². The number of para-hydroxylation sites is 1. The summed E-state index contributed by atoms with van der Waals surface area (Å²) in [5, 5.41) is 2.45. The van der Waals surface area contributed by atoms with Crippen LogP contribution in [0.25, 0.3) is 0 Å². The minimum Gasteiger partial charge on any atom is -0.481 e. The number of carbonyl (C=O) groups is 2. The van der Waals surface area contributed by atoms with Crippen molar-refractivity contribution in [3.05, 3.63) is 30.1 Å². The first kappa shape index (κ1) is 14.0. The number of esters is 1. The number of ether oxygens (including phenoxy) is 2. The Morgan fingerprint density at radius 3 is 2.72 bits per heavy atom. The third kappa shape index (κ3) is 4.82. The van der Waals surface area contributed by atoms with E-state index in [0.29, 0.717) is 0 Å². The highest BCUT2D eigenvalue weighted by molar-refractivity contribution is 5.78. The second-order valence-corrected chi connectivity index (χ2v) is 3.40. The van der Waals surface area contributed by atoms with Crippen LogP contribution < -0.4 is 10.1 Å². The fourth-order valence-electron chi connectivity index (χ4n) is 1.16. The molecule has 0 spiro atoms. The van der Waals surface area contributed by atoms with Gasteiger partial charge in [0, 0.05) is 6.54 Å². The quantitative estimate of drug-likeness (QED) is 0.766. The highest BCUT2D eigenvalue weighted by atomic mass is 19.1.